The minimum atomic E-state index is -0.465. The second-order valence-corrected chi connectivity index (χ2v) is 6.50. The standard InChI is InChI=1S/C17H28O/c1-6-7-8-16(18)15-12-14(11-13(2)3)9-10-17(15,4)5/h6-8,12-14,16,18H,1,9-11H2,2-5H3/b8-7+/t14?,16-/m1/s1. The molecule has 1 rings (SSSR count). The number of rotatable bonds is 5. The van der Waals surface area contributed by atoms with Crippen molar-refractivity contribution in [2.24, 2.45) is 17.3 Å². The Labute approximate surface area is 112 Å². The summed E-state index contributed by atoms with van der Waals surface area (Å²) in [5.74, 6) is 1.34. The van der Waals surface area contributed by atoms with E-state index in [1.807, 2.05) is 12.2 Å². The van der Waals surface area contributed by atoms with Gasteiger partial charge in [-0.3, -0.25) is 0 Å². The second-order valence-electron chi connectivity index (χ2n) is 6.50. The van der Waals surface area contributed by atoms with Crippen molar-refractivity contribution in [2.75, 3.05) is 0 Å². The van der Waals surface area contributed by atoms with Crippen LogP contribution in [0.1, 0.15) is 47.0 Å². The van der Waals surface area contributed by atoms with Crippen LogP contribution in [0, 0.1) is 17.3 Å². The Kier molecular flexibility index (Phi) is 5.40. The van der Waals surface area contributed by atoms with Crippen LogP contribution in [0.4, 0.5) is 0 Å². The van der Waals surface area contributed by atoms with Crippen LogP contribution < -0.4 is 0 Å². The first kappa shape index (κ1) is 15.2. The van der Waals surface area contributed by atoms with E-state index in [9.17, 15) is 5.11 Å². The monoisotopic (exact) mass is 248 g/mol. The van der Waals surface area contributed by atoms with Gasteiger partial charge in [0.15, 0.2) is 0 Å². The first-order valence-corrected chi connectivity index (χ1v) is 7.06. The number of aliphatic hydroxyl groups is 1. The molecule has 0 spiro atoms. The molecular formula is C17H28O. The molecular weight excluding hydrogens is 220 g/mol. The summed E-state index contributed by atoms with van der Waals surface area (Å²) >= 11 is 0. The summed E-state index contributed by atoms with van der Waals surface area (Å²) in [6, 6.07) is 0. The number of allylic oxidation sites excluding steroid dienone is 3. The normalized spacial score (nSPS) is 25.2. The summed E-state index contributed by atoms with van der Waals surface area (Å²) in [5.41, 5.74) is 1.29. The second kappa shape index (κ2) is 6.38. The van der Waals surface area contributed by atoms with E-state index in [0.717, 1.165) is 12.3 Å². The molecule has 0 saturated carbocycles. The van der Waals surface area contributed by atoms with Gasteiger partial charge in [0.05, 0.1) is 6.10 Å². The van der Waals surface area contributed by atoms with E-state index in [2.05, 4.69) is 40.3 Å². The summed E-state index contributed by atoms with van der Waals surface area (Å²) in [4.78, 5) is 0. The van der Waals surface area contributed by atoms with Crippen LogP contribution in [0.5, 0.6) is 0 Å². The molecule has 1 N–H and O–H groups in total. The van der Waals surface area contributed by atoms with E-state index >= 15 is 0 Å². The lowest BCUT2D eigenvalue weighted by Crippen LogP contribution is -2.29. The molecule has 0 fully saturated rings. The van der Waals surface area contributed by atoms with Crippen molar-refractivity contribution >= 4 is 0 Å². The van der Waals surface area contributed by atoms with Crippen LogP contribution in [0.25, 0.3) is 0 Å². The Morgan fingerprint density at radius 2 is 2.17 bits per heavy atom. The molecule has 2 atom stereocenters. The van der Waals surface area contributed by atoms with Gasteiger partial charge in [0.1, 0.15) is 0 Å². The number of hydrogen-bond acceptors (Lipinski definition) is 1. The highest BCUT2D eigenvalue weighted by molar-refractivity contribution is 5.26. The molecule has 0 aromatic rings. The Bertz CT molecular complexity index is 334. The highest BCUT2D eigenvalue weighted by Gasteiger charge is 2.32. The largest absolute Gasteiger partial charge is 0.385 e. The lowest BCUT2D eigenvalue weighted by Gasteiger charge is -2.37. The maximum absolute atomic E-state index is 10.3. The topological polar surface area (TPSA) is 20.2 Å². The van der Waals surface area contributed by atoms with Crippen molar-refractivity contribution < 1.29 is 5.11 Å². The predicted octanol–water partition coefficient (Wildman–Crippen LogP) is 4.50. The van der Waals surface area contributed by atoms with E-state index < -0.39 is 6.10 Å². The van der Waals surface area contributed by atoms with Crippen LogP contribution >= 0.6 is 0 Å². The van der Waals surface area contributed by atoms with Crippen LogP contribution in [-0.4, -0.2) is 11.2 Å². The van der Waals surface area contributed by atoms with Gasteiger partial charge in [0.25, 0.3) is 0 Å². The van der Waals surface area contributed by atoms with Crippen molar-refractivity contribution in [3.63, 3.8) is 0 Å². The molecule has 1 unspecified atom stereocenters. The molecule has 0 aromatic heterocycles. The molecule has 18 heavy (non-hydrogen) atoms. The predicted molar refractivity (Wildman–Crippen MR) is 79.4 cm³/mol. The fourth-order valence-corrected chi connectivity index (χ4v) is 2.83. The van der Waals surface area contributed by atoms with Gasteiger partial charge in [-0.15, -0.1) is 0 Å². The Balaban J connectivity index is 2.89. The van der Waals surface area contributed by atoms with Gasteiger partial charge in [0, 0.05) is 0 Å². The van der Waals surface area contributed by atoms with E-state index in [4.69, 9.17) is 0 Å². The van der Waals surface area contributed by atoms with Crippen LogP contribution in [0.2, 0.25) is 0 Å². The summed E-state index contributed by atoms with van der Waals surface area (Å²) in [6.45, 7) is 12.6. The molecule has 0 saturated heterocycles. The Morgan fingerprint density at radius 3 is 2.72 bits per heavy atom. The quantitative estimate of drug-likeness (QED) is 0.561. The first-order valence-electron chi connectivity index (χ1n) is 7.06. The van der Waals surface area contributed by atoms with E-state index in [1.165, 1.54) is 18.4 Å². The minimum Gasteiger partial charge on any atom is -0.385 e. The van der Waals surface area contributed by atoms with Gasteiger partial charge in [-0.2, -0.15) is 0 Å². The van der Waals surface area contributed by atoms with Gasteiger partial charge in [-0.1, -0.05) is 58.6 Å². The zero-order valence-electron chi connectivity index (χ0n) is 12.3. The van der Waals surface area contributed by atoms with E-state index in [1.54, 1.807) is 6.08 Å². The molecule has 1 nitrogen and oxygen atoms in total. The van der Waals surface area contributed by atoms with Gasteiger partial charge in [-0.05, 0) is 42.1 Å². The van der Waals surface area contributed by atoms with Gasteiger partial charge < -0.3 is 5.11 Å². The van der Waals surface area contributed by atoms with E-state index in [-0.39, 0.29) is 5.41 Å². The fraction of sp³-hybridized carbons (Fsp3) is 0.647. The van der Waals surface area contributed by atoms with Crippen molar-refractivity contribution in [3.8, 4) is 0 Å². The van der Waals surface area contributed by atoms with Gasteiger partial charge in [0.2, 0.25) is 0 Å². The number of aliphatic hydroxyl groups excluding tert-OH is 1. The third-order valence-electron chi connectivity index (χ3n) is 3.86. The Hall–Kier alpha value is -0.820. The lowest BCUT2D eigenvalue weighted by molar-refractivity contribution is 0.199. The van der Waals surface area contributed by atoms with Crippen LogP contribution in [0.3, 0.4) is 0 Å². The molecule has 0 bridgehead atoms. The molecule has 0 heterocycles. The third-order valence-corrected chi connectivity index (χ3v) is 3.86. The van der Waals surface area contributed by atoms with Crippen molar-refractivity contribution in [1.29, 1.82) is 0 Å². The molecule has 102 valence electrons. The third kappa shape index (κ3) is 4.13. The zero-order valence-corrected chi connectivity index (χ0v) is 12.3. The van der Waals surface area contributed by atoms with Crippen LogP contribution in [-0.2, 0) is 0 Å². The minimum absolute atomic E-state index is 0.110. The highest BCUT2D eigenvalue weighted by Crippen LogP contribution is 2.42. The van der Waals surface area contributed by atoms with Gasteiger partial charge in [-0.25, -0.2) is 0 Å². The molecule has 1 aliphatic carbocycles. The smallest absolute Gasteiger partial charge is 0.0940 e. The van der Waals surface area contributed by atoms with E-state index in [0.29, 0.717) is 5.92 Å². The number of hydrogen-bond donors (Lipinski definition) is 1. The molecule has 0 aromatic carbocycles. The van der Waals surface area contributed by atoms with Crippen molar-refractivity contribution in [2.45, 2.75) is 53.1 Å². The molecule has 1 aliphatic rings. The fourth-order valence-electron chi connectivity index (χ4n) is 2.83. The summed E-state index contributed by atoms with van der Waals surface area (Å²) < 4.78 is 0. The lowest BCUT2D eigenvalue weighted by atomic mass is 9.69. The van der Waals surface area contributed by atoms with Crippen molar-refractivity contribution in [3.05, 3.63) is 36.5 Å². The SMILES string of the molecule is C=C/C=C/[C@@H](O)C1=CC(CC(C)C)CCC1(C)C. The molecule has 1 heteroatoms. The maximum Gasteiger partial charge on any atom is 0.0940 e. The van der Waals surface area contributed by atoms with Gasteiger partial charge >= 0.3 is 0 Å². The zero-order chi connectivity index (χ0) is 13.8. The van der Waals surface area contributed by atoms with Crippen molar-refractivity contribution in [1.82, 2.24) is 0 Å². The molecule has 0 aliphatic heterocycles. The summed E-state index contributed by atoms with van der Waals surface area (Å²) in [5, 5.41) is 10.3. The molecule has 0 radical (unpaired) electrons. The maximum atomic E-state index is 10.3. The summed E-state index contributed by atoms with van der Waals surface area (Å²) in [6.07, 6.45) is 10.9. The first-order chi connectivity index (χ1) is 8.36. The average molecular weight is 248 g/mol. The van der Waals surface area contributed by atoms with Crippen LogP contribution in [0.15, 0.2) is 36.5 Å². The Morgan fingerprint density at radius 1 is 1.50 bits per heavy atom. The highest BCUT2D eigenvalue weighted by atomic mass is 16.3. The summed E-state index contributed by atoms with van der Waals surface area (Å²) in [7, 11) is 0. The molecule has 0 amide bonds. The average Bonchev–Trinajstić information content (AvgIpc) is 2.27.